The molecule has 1 heterocycles. The Hall–Kier alpha value is -1.80. The second-order valence-electron chi connectivity index (χ2n) is 6.31. The number of halogens is 1. The van der Waals surface area contributed by atoms with Crippen molar-refractivity contribution in [1.29, 1.82) is 0 Å². The fraction of sp³-hybridized carbons (Fsp3) is 0.381. The highest BCUT2D eigenvalue weighted by Crippen LogP contribution is 2.27. The number of hydrogen-bond donors (Lipinski definition) is 2. The van der Waals surface area contributed by atoms with Gasteiger partial charge in [-0.15, -0.1) is 24.0 Å². The maximum absolute atomic E-state index is 5.95. The van der Waals surface area contributed by atoms with E-state index in [9.17, 15) is 0 Å². The summed E-state index contributed by atoms with van der Waals surface area (Å²) in [5, 5.41) is 6.70. The smallest absolute Gasteiger partial charge is 0.191 e. The Morgan fingerprint density at radius 1 is 1.11 bits per heavy atom. The van der Waals surface area contributed by atoms with Crippen molar-refractivity contribution >= 4 is 29.9 Å². The predicted octanol–water partition coefficient (Wildman–Crippen LogP) is 3.51. The average Bonchev–Trinajstić information content (AvgIpc) is 3.10. The molecule has 0 radical (unpaired) electrons. The summed E-state index contributed by atoms with van der Waals surface area (Å²) in [6.07, 6.45) is 1.07. The van der Waals surface area contributed by atoms with Crippen LogP contribution in [0.3, 0.4) is 0 Å². The van der Waals surface area contributed by atoms with E-state index in [1.165, 1.54) is 16.7 Å². The molecule has 0 aromatic heterocycles. The van der Waals surface area contributed by atoms with Crippen molar-refractivity contribution in [3.8, 4) is 5.75 Å². The molecule has 3 rings (SSSR count). The molecule has 2 N–H and O–H groups in total. The highest BCUT2D eigenvalue weighted by atomic mass is 127. The van der Waals surface area contributed by atoms with Gasteiger partial charge in [-0.25, -0.2) is 0 Å². The van der Waals surface area contributed by atoms with Crippen LogP contribution in [-0.4, -0.2) is 32.3 Å². The summed E-state index contributed by atoms with van der Waals surface area (Å²) in [7, 11) is 1.78. The van der Waals surface area contributed by atoms with Crippen molar-refractivity contribution in [2.75, 3.05) is 20.2 Å². The number of rotatable bonds is 7. The Balaban J connectivity index is 0.00000261. The standard InChI is InChI=1S/C21H27N3O2.HI/c1-3-25-15-17-10-8-16(9-11-17)13-23-21(22-2)24-14-19-12-18-6-4-5-7-20(18)26-19;/h4-11,19H,3,12-15H2,1-2H3,(H2,22,23,24);1H. The lowest BCUT2D eigenvalue weighted by atomic mass is 10.1. The molecule has 2 aromatic rings. The highest BCUT2D eigenvalue weighted by molar-refractivity contribution is 14.0. The van der Waals surface area contributed by atoms with Crippen molar-refractivity contribution in [3.63, 3.8) is 0 Å². The molecule has 0 saturated heterocycles. The van der Waals surface area contributed by atoms with Gasteiger partial charge in [-0.2, -0.15) is 0 Å². The topological polar surface area (TPSA) is 54.9 Å². The summed E-state index contributed by atoms with van der Waals surface area (Å²) in [5.74, 6) is 1.78. The number of fused-ring (bicyclic) bond motifs is 1. The SMILES string of the molecule is CCOCc1ccc(CNC(=NC)NCC2Cc3ccccc3O2)cc1.I. The highest BCUT2D eigenvalue weighted by Gasteiger charge is 2.22. The van der Waals surface area contributed by atoms with E-state index >= 15 is 0 Å². The van der Waals surface area contributed by atoms with Gasteiger partial charge in [-0.05, 0) is 29.7 Å². The van der Waals surface area contributed by atoms with Gasteiger partial charge in [-0.1, -0.05) is 42.5 Å². The van der Waals surface area contributed by atoms with Crippen LogP contribution in [0, 0.1) is 0 Å². The van der Waals surface area contributed by atoms with Gasteiger partial charge >= 0.3 is 0 Å². The van der Waals surface area contributed by atoms with E-state index in [1.54, 1.807) is 7.05 Å². The maximum Gasteiger partial charge on any atom is 0.191 e. The molecule has 2 aromatic carbocycles. The normalized spacial score (nSPS) is 15.5. The third kappa shape index (κ3) is 6.39. The van der Waals surface area contributed by atoms with Crippen LogP contribution in [0.15, 0.2) is 53.5 Å². The first kappa shape index (κ1) is 21.5. The van der Waals surface area contributed by atoms with Crippen LogP contribution >= 0.6 is 24.0 Å². The molecule has 27 heavy (non-hydrogen) atoms. The lowest BCUT2D eigenvalue weighted by Gasteiger charge is -2.15. The van der Waals surface area contributed by atoms with Crippen LogP contribution in [0.1, 0.15) is 23.6 Å². The second kappa shape index (κ2) is 11.1. The summed E-state index contributed by atoms with van der Waals surface area (Å²) in [6.45, 7) is 4.85. The van der Waals surface area contributed by atoms with Crippen LogP contribution in [0.2, 0.25) is 0 Å². The predicted molar refractivity (Wildman–Crippen MR) is 120 cm³/mol. The third-order valence-corrected chi connectivity index (χ3v) is 4.39. The number of guanidine groups is 1. The van der Waals surface area contributed by atoms with Gasteiger partial charge in [-0.3, -0.25) is 4.99 Å². The summed E-state index contributed by atoms with van der Waals surface area (Å²) in [6, 6.07) is 16.7. The van der Waals surface area contributed by atoms with Crippen molar-refractivity contribution in [2.45, 2.75) is 32.6 Å². The molecule has 1 atom stereocenters. The molecular weight excluding hydrogens is 453 g/mol. The van der Waals surface area contributed by atoms with Crippen LogP contribution < -0.4 is 15.4 Å². The fourth-order valence-electron chi connectivity index (χ4n) is 2.96. The Labute approximate surface area is 178 Å². The Morgan fingerprint density at radius 2 is 1.85 bits per heavy atom. The van der Waals surface area contributed by atoms with Crippen molar-refractivity contribution in [2.24, 2.45) is 4.99 Å². The molecule has 0 spiro atoms. The minimum absolute atomic E-state index is 0. The summed E-state index contributed by atoms with van der Waals surface area (Å²) in [5.41, 5.74) is 3.67. The second-order valence-corrected chi connectivity index (χ2v) is 6.31. The van der Waals surface area contributed by atoms with Gasteiger partial charge in [0, 0.05) is 26.6 Å². The van der Waals surface area contributed by atoms with Crippen LogP contribution in [0.25, 0.3) is 0 Å². The third-order valence-electron chi connectivity index (χ3n) is 4.39. The number of nitrogens with zero attached hydrogens (tertiary/aromatic N) is 1. The van der Waals surface area contributed by atoms with E-state index in [1.807, 2.05) is 19.1 Å². The van der Waals surface area contributed by atoms with Gasteiger partial charge in [0.15, 0.2) is 5.96 Å². The molecule has 146 valence electrons. The Kier molecular flexibility index (Phi) is 8.87. The van der Waals surface area contributed by atoms with Gasteiger partial charge in [0.1, 0.15) is 11.9 Å². The Bertz CT molecular complexity index is 709. The van der Waals surface area contributed by atoms with Gasteiger partial charge in [0.25, 0.3) is 0 Å². The number of hydrogen-bond acceptors (Lipinski definition) is 3. The summed E-state index contributed by atoms with van der Waals surface area (Å²) < 4.78 is 11.4. The molecule has 0 bridgehead atoms. The zero-order valence-corrected chi connectivity index (χ0v) is 18.2. The molecular formula is C21H28IN3O2. The number of benzene rings is 2. The molecule has 5 nitrogen and oxygen atoms in total. The first-order chi connectivity index (χ1) is 12.8. The monoisotopic (exact) mass is 481 g/mol. The summed E-state index contributed by atoms with van der Waals surface area (Å²) >= 11 is 0. The lowest BCUT2D eigenvalue weighted by molar-refractivity contribution is 0.134. The first-order valence-corrected chi connectivity index (χ1v) is 9.13. The minimum Gasteiger partial charge on any atom is -0.488 e. The largest absolute Gasteiger partial charge is 0.488 e. The molecule has 1 aliphatic heterocycles. The van der Waals surface area contributed by atoms with Gasteiger partial charge in [0.2, 0.25) is 0 Å². The van der Waals surface area contributed by atoms with E-state index < -0.39 is 0 Å². The van der Waals surface area contributed by atoms with E-state index in [0.717, 1.165) is 37.8 Å². The number of para-hydroxylation sites is 1. The molecule has 1 aliphatic rings. The van der Waals surface area contributed by atoms with Crippen LogP contribution in [0.5, 0.6) is 5.75 Å². The number of nitrogens with one attached hydrogen (secondary N) is 2. The zero-order valence-electron chi connectivity index (χ0n) is 15.9. The van der Waals surface area contributed by atoms with E-state index in [4.69, 9.17) is 9.47 Å². The fourth-order valence-corrected chi connectivity index (χ4v) is 2.96. The molecule has 0 saturated carbocycles. The summed E-state index contributed by atoms with van der Waals surface area (Å²) in [4.78, 5) is 4.29. The molecule has 0 amide bonds. The van der Waals surface area contributed by atoms with Crippen LogP contribution in [0.4, 0.5) is 0 Å². The minimum atomic E-state index is 0. The van der Waals surface area contributed by atoms with Crippen LogP contribution in [-0.2, 0) is 24.3 Å². The Morgan fingerprint density at radius 3 is 2.56 bits per heavy atom. The number of ether oxygens (including phenoxy) is 2. The van der Waals surface area contributed by atoms with E-state index in [2.05, 4.69) is 52.0 Å². The van der Waals surface area contributed by atoms with Crippen molar-refractivity contribution in [3.05, 3.63) is 65.2 Å². The van der Waals surface area contributed by atoms with Crippen molar-refractivity contribution < 1.29 is 9.47 Å². The maximum atomic E-state index is 5.95. The van der Waals surface area contributed by atoms with E-state index in [-0.39, 0.29) is 30.1 Å². The molecule has 1 unspecified atom stereocenters. The lowest BCUT2D eigenvalue weighted by Crippen LogP contribution is -2.41. The first-order valence-electron chi connectivity index (χ1n) is 9.13. The zero-order chi connectivity index (χ0) is 18.2. The van der Waals surface area contributed by atoms with Gasteiger partial charge < -0.3 is 20.1 Å². The quantitative estimate of drug-likeness (QED) is 0.361. The van der Waals surface area contributed by atoms with Gasteiger partial charge in [0.05, 0.1) is 13.2 Å². The molecule has 6 heteroatoms. The number of aliphatic imine (C=N–C) groups is 1. The van der Waals surface area contributed by atoms with Crippen molar-refractivity contribution in [1.82, 2.24) is 10.6 Å². The molecule has 0 fully saturated rings. The average molecular weight is 481 g/mol. The molecule has 0 aliphatic carbocycles. The van der Waals surface area contributed by atoms with E-state index in [0.29, 0.717) is 6.61 Å².